The van der Waals surface area contributed by atoms with Gasteiger partial charge < -0.3 is 19.5 Å². The lowest BCUT2D eigenvalue weighted by molar-refractivity contribution is -0.131. The SMILES string of the molecule is CCN(CC)C(=O)Cn1ccc2cc(NC(=O)C(C)OCCC(C)C)ccc21. The molecule has 1 heterocycles. The number of carbonyl (C=O) groups is 2. The first-order valence-electron chi connectivity index (χ1n) is 10.1. The van der Waals surface area contributed by atoms with Gasteiger partial charge in [0.15, 0.2) is 0 Å². The highest BCUT2D eigenvalue weighted by Gasteiger charge is 2.15. The van der Waals surface area contributed by atoms with E-state index in [9.17, 15) is 9.59 Å². The molecule has 0 fully saturated rings. The maximum Gasteiger partial charge on any atom is 0.253 e. The Morgan fingerprint density at radius 2 is 1.86 bits per heavy atom. The molecule has 28 heavy (non-hydrogen) atoms. The van der Waals surface area contributed by atoms with Crippen LogP contribution in [0.4, 0.5) is 5.69 Å². The molecular weight excluding hydrogens is 354 g/mol. The Labute approximate surface area is 167 Å². The molecular formula is C22H33N3O3. The van der Waals surface area contributed by atoms with Crippen LogP contribution >= 0.6 is 0 Å². The Morgan fingerprint density at radius 3 is 2.50 bits per heavy atom. The fourth-order valence-electron chi connectivity index (χ4n) is 3.04. The van der Waals surface area contributed by atoms with Crippen LogP contribution in [-0.2, 0) is 20.9 Å². The minimum absolute atomic E-state index is 0.104. The molecule has 0 radical (unpaired) electrons. The lowest BCUT2D eigenvalue weighted by Crippen LogP contribution is -2.33. The zero-order valence-electron chi connectivity index (χ0n) is 17.7. The topological polar surface area (TPSA) is 63.6 Å². The van der Waals surface area contributed by atoms with E-state index in [-0.39, 0.29) is 11.8 Å². The largest absolute Gasteiger partial charge is 0.369 e. The number of rotatable bonds is 10. The molecule has 1 atom stereocenters. The van der Waals surface area contributed by atoms with Gasteiger partial charge in [0, 0.05) is 42.5 Å². The molecule has 0 saturated heterocycles. The summed E-state index contributed by atoms with van der Waals surface area (Å²) in [6.07, 6.45) is 2.35. The number of carbonyl (C=O) groups excluding carboxylic acids is 2. The number of nitrogens with zero attached hydrogens (tertiary/aromatic N) is 2. The Kier molecular flexibility index (Phi) is 8.05. The number of ether oxygens (including phenoxy) is 1. The summed E-state index contributed by atoms with van der Waals surface area (Å²) < 4.78 is 7.55. The van der Waals surface area contributed by atoms with Crippen molar-refractivity contribution in [1.82, 2.24) is 9.47 Å². The number of fused-ring (bicyclic) bond motifs is 1. The molecule has 154 valence electrons. The number of hydrogen-bond donors (Lipinski definition) is 1. The van der Waals surface area contributed by atoms with E-state index >= 15 is 0 Å². The van der Waals surface area contributed by atoms with Crippen molar-refractivity contribution >= 4 is 28.4 Å². The number of hydrogen-bond acceptors (Lipinski definition) is 3. The van der Waals surface area contributed by atoms with E-state index in [1.54, 1.807) is 6.92 Å². The van der Waals surface area contributed by atoms with Crippen LogP contribution in [-0.4, -0.2) is 47.1 Å². The fraction of sp³-hybridized carbons (Fsp3) is 0.545. The molecule has 1 aromatic carbocycles. The highest BCUT2D eigenvalue weighted by Crippen LogP contribution is 2.21. The summed E-state index contributed by atoms with van der Waals surface area (Å²) >= 11 is 0. The summed E-state index contributed by atoms with van der Waals surface area (Å²) in [5.74, 6) is 0.502. The minimum atomic E-state index is -0.495. The van der Waals surface area contributed by atoms with E-state index in [4.69, 9.17) is 4.74 Å². The van der Waals surface area contributed by atoms with Crippen molar-refractivity contribution in [3.8, 4) is 0 Å². The highest BCUT2D eigenvalue weighted by atomic mass is 16.5. The highest BCUT2D eigenvalue weighted by molar-refractivity contribution is 5.96. The number of benzene rings is 1. The minimum Gasteiger partial charge on any atom is -0.369 e. The van der Waals surface area contributed by atoms with Crippen LogP contribution in [0, 0.1) is 5.92 Å². The molecule has 0 aliphatic rings. The molecule has 0 aliphatic heterocycles. The van der Waals surface area contributed by atoms with Crippen LogP contribution in [0.3, 0.4) is 0 Å². The number of amides is 2. The van der Waals surface area contributed by atoms with Gasteiger partial charge in [0.1, 0.15) is 12.6 Å². The van der Waals surface area contributed by atoms with E-state index in [1.807, 2.05) is 53.8 Å². The van der Waals surface area contributed by atoms with Gasteiger partial charge in [-0.05, 0) is 57.4 Å². The number of nitrogens with one attached hydrogen (secondary N) is 1. The van der Waals surface area contributed by atoms with Gasteiger partial charge >= 0.3 is 0 Å². The van der Waals surface area contributed by atoms with Gasteiger partial charge in [-0.15, -0.1) is 0 Å². The molecule has 1 unspecified atom stereocenters. The van der Waals surface area contributed by atoms with Crippen LogP contribution in [0.15, 0.2) is 30.5 Å². The lowest BCUT2D eigenvalue weighted by Gasteiger charge is -2.19. The van der Waals surface area contributed by atoms with Crippen LogP contribution < -0.4 is 5.32 Å². The van der Waals surface area contributed by atoms with Crippen molar-refractivity contribution in [2.75, 3.05) is 25.0 Å². The molecule has 6 nitrogen and oxygen atoms in total. The standard InChI is InChI=1S/C22H33N3O3/c1-6-24(7-2)21(26)15-25-12-10-18-14-19(8-9-20(18)25)23-22(27)17(5)28-13-11-16(3)4/h8-10,12,14,16-17H,6-7,11,13,15H2,1-5H3,(H,23,27). The van der Waals surface area contributed by atoms with Crippen LogP contribution in [0.5, 0.6) is 0 Å². The Morgan fingerprint density at radius 1 is 1.14 bits per heavy atom. The van der Waals surface area contributed by atoms with Crippen molar-refractivity contribution in [3.63, 3.8) is 0 Å². The van der Waals surface area contributed by atoms with E-state index in [2.05, 4.69) is 19.2 Å². The third-order valence-electron chi connectivity index (χ3n) is 4.89. The Bertz CT molecular complexity index is 793. The van der Waals surface area contributed by atoms with E-state index in [1.165, 1.54) is 0 Å². The van der Waals surface area contributed by atoms with Crippen LogP contribution in [0.25, 0.3) is 10.9 Å². The zero-order valence-corrected chi connectivity index (χ0v) is 17.7. The summed E-state index contributed by atoms with van der Waals surface area (Å²) in [5.41, 5.74) is 1.70. The molecule has 0 spiro atoms. The number of aromatic nitrogens is 1. The quantitative estimate of drug-likeness (QED) is 0.672. The van der Waals surface area contributed by atoms with Gasteiger partial charge in [0.2, 0.25) is 5.91 Å². The summed E-state index contributed by atoms with van der Waals surface area (Å²) in [4.78, 5) is 26.5. The third kappa shape index (κ3) is 5.83. The van der Waals surface area contributed by atoms with Crippen molar-refractivity contribution < 1.29 is 14.3 Å². The fourth-order valence-corrected chi connectivity index (χ4v) is 3.04. The molecule has 0 aliphatic carbocycles. The van der Waals surface area contributed by atoms with Gasteiger partial charge in [-0.1, -0.05) is 13.8 Å². The van der Waals surface area contributed by atoms with Gasteiger partial charge in [-0.25, -0.2) is 0 Å². The summed E-state index contributed by atoms with van der Waals surface area (Å²) in [6, 6.07) is 7.68. The first kappa shape index (κ1) is 22.0. The molecule has 1 N–H and O–H groups in total. The van der Waals surface area contributed by atoms with Crippen molar-refractivity contribution in [2.45, 2.75) is 53.7 Å². The lowest BCUT2D eigenvalue weighted by atomic mass is 10.1. The second-order valence-corrected chi connectivity index (χ2v) is 7.47. The third-order valence-corrected chi connectivity index (χ3v) is 4.89. The van der Waals surface area contributed by atoms with E-state index in [0.29, 0.717) is 32.2 Å². The molecule has 2 rings (SSSR count). The maximum atomic E-state index is 12.4. The average molecular weight is 388 g/mol. The van der Waals surface area contributed by atoms with Crippen LogP contribution in [0.2, 0.25) is 0 Å². The monoisotopic (exact) mass is 387 g/mol. The van der Waals surface area contributed by atoms with Gasteiger partial charge in [-0.2, -0.15) is 0 Å². The Hall–Kier alpha value is -2.34. The van der Waals surface area contributed by atoms with Crippen molar-refractivity contribution in [2.24, 2.45) is 5.92 Å². The second-order valence-electron chi connectivity index (χ2n) is 7.47. The Balaban J connectivity index is 2.01. The molecule has 0 bridgehead atoms. The zero-order chi connectivity index (χ0) is 20.7. The molecule has 2 aromatic rings. The van der Waals surface area contributed by atoms with Crippen LogP contribution in [0.1, 0.15) is 41.0 Å². The summed E-state index contributed by atoms with van der Waals surface area (Å²) in [6.45, 7) is 12.3. The summed E-state index contributed by atoms with van der Waals surface area (Å²) in [7, 11) is 0. The normalized spacial score (nSPS) is 12.4. The number of likely N-dealkylation sites (N-methyl/N-ethyl adjacent to an activating group) is 1. The first-order chi connectivity index (χ1) is 13.3. The predicted molar refractivity (Wildman–Crippen MR) is 113 cm³/mol. The molecule has 1 aromatic heterocycles. The number of anilines is 1. The first-order valence-corrected chi connectivity index (χ1v) is 10.1. The van der Waals surface area contributed by atoms with Gasteiger partial charge in [-0.3, -0.25) is 9.59 Å². The molecule has 2 amide bonds. The van der Waals surface area contributed by atoms with E-state index in [0.717, 1.165) is 23.0 Å². The van der Waals surface area contributed by atoms with Crippen molar-refractivity contribution in [1.29, 1.82) is 0 Å². The van der Waals surface area contributed by atoms with Crippen molar-refractivity contribution in [3.05, 3.63) is 30.5 Å². The average Bonchev–Trinajstić information content (AvgIpc) is 3.04. The van der Waals surface area contributed by atoms with Gasteiger partial charge in [0.25, 0.3) is 5.91 Å². The van der Waals surface area contributed by atoms with Gasteiger partial charge in [0.05, 0.1) is 0 Å². The second kappa shape index (κ2) is 10.3. The van der Waals surface area contributed by atoms with E-state index < -0.39 is 6.10 Å². The molecule has 6 heteroatoms. The maximum absolute atomic E-state index is 12.4. The predicted octanol–water partition coefficient (Wildman–Crippen LogP) is 3.90. The smallest absolute Gasteiger partial charge is 0.253 e. The molecule has 0 saturated carbocycles. The summed E-state index contributed by atoms with van der Waals surface area (Å²) in [5, 5.41) is 3.89.